The minimum atomic E-state index is -0.803. The van der Waals surface area contributed by atoms with E-state index in [2.05, 4.69) is 5.32 Å². The smallest absolute Gasteiger partial charge is 0.159 e. The van der Waals surface area contributed by atoms with E-state index in [0.717, 1.165) is 31.3 Å². The van der Waals surface area contributed by atoms with Crippen LogP contribution < -0.4 is 5.32 Å². The molecule has 0 aliphatic heterocycles. The number of rotatable bonds is 8. The Kier molecular flexibility index (Phi) is 6.78. The second kappa shape index (κ2) is 8.13. The van der Waals surface area contributed by atoms with E-state index in [-0.39, 0.29) is 0 Å². The zero-order valence-corrected chi connectivity index (χ0v) is 10.9. The van der Waals surface area contributed by atoms with Gasteiger partial charge in [-0.15, -0.1) is 0 Å². The van der Waals surface area contributed by atoms with E-state index in [1.54, 1.807) is 13.2 Å². The fraction of sp³-hybridized carbons (Fsp3) is 0.538. The first-order valence-corrected chi connectivity index (χ1v) is 5.95. The highest BCUT2D eigenvalue weighted by Crippen LogP contribution is 2.10. The molecule has 0 aliphatic carbocycles. The molecule has 1 aromatic rings. The Balaban J connectivity index is 2.26. The van der Waals surface area contributed by atoms with Gasteiger partial charge in [-0.2, -0.15) is 0 Å². The molecule has 0 aromatic heterocycles. The minimum absolute atomic E-state index is 0.600. The summed E-state index contributed by atoms with van der Waals surface area (Å²) >= 11 is 0. The number of nitrogens with zero attached hydrogens (tertiary/aromatic N) is 1. The van der Waals surface area contributed by atoms with E-state index in [4.69, 9.17) is 4.74 Å². The van der Waals surface area contributed by atoms with Crippen LogP contribution in [0.4, 0.5) is 8.78 Å². The van der Waals surface area contributed by atoms with Crippen LogP contribution in [0.5, 0.6) is 0 Å². The van der Waals surface area contributed by atoms with Gasteiger partial charge in [0.15, 0.2) is 11.6 Å². The Morgan fingerprint density at radius 2 is 2.00 bits per heavy atom. The quantitative estimate of drug-likeness (QED) is 0.717. The van der Waals surface area contributed by atoms with Crippen LogP contribution in [-0.2, 0) is 11.3 Å². The monoisotopic (exact) mass is 258 g/mol. The molecule has 1 aromatic carbocycles. The van der Waals surface area contributed by atoms with E-state index in [0.29, 0.717) is 13.2 Å². The number of hydrogen-bond acceptors (Lipinski definition) is 3. The molecule has 18 heavy (non-hydrogen) atoms. The largest absolute Gasteiger partial charge is 0.383 e. The van der Waals surface area contributed by atoms with Gasteiger partial charge < -0.3 is 15.0 Å². The third-order valence-corrected chi connectivity index (χ3v) is 2.59. The van der Waals surface area contributed by atoms with Crippen LogP contribution >= 0.6 is 0 Å². The summed E-state index contributed by atoms with van der Waals surface area (Å²) < 4.78 is 30.7. The van der Waals surface area contributed by atoms with Gasteiger partial charge in [-0.3, -0.25) is 0 Å². The summed E-state index contributed by atoms with van der Waals surface area (Å²) in [6, 6.07) is 4.01. The zero-order chi connectivity index (χ0) is 13.4. The van der Waals surface area contributed by atoms with Gasteiger partial charge in [-0.25, -0.2) is 8.78 Å². The van der Waals surface area contributed by atoms with Crippen molar-refractivity contribution in [3.63, 3.8) is 0 Å². The van der Waals surface area contributed by atoms with E-state index >= 15 is 0 Å². The standard InChI is InChI=1S/C13H20F2N2O/c1-17(7-5-16-6-8-18-2)10-11-3-4-12(14)13(15)9-11/h3-4,9,16H,5-8,10H2,1-2H3. The molecule has 3 nitrogen and oxygen atoms in total. The van der Waals surface area contributed by atoms with Crippen LogP contribution in [0.2, 0.25) is 0 Å². The molecule has 0 radical (unpaired) electrons. The number of ether oxygens (including phenoxy) is 1. The average Bonchev–Trinajstić information content (AvgIpc) is 2.34. The van der Waals surface area contributed by atoms with Crippen molar-refractivity contribution < 1.29 is 13.5 Å². The summed E-state index contributed by atoms with van der Waals surface area (Å²) in [5.74, 6) is -1.60. The topological polar surface area (TPSA) is 24.5 Å². The summed E-state index contributed by atoms with van der Waals surface area (Å²) in [6.45, 7) is 3.78. The second-order valence-corrected chi connectivity index (χ2v) is 4.23. The first kappa shape index (κ1) is 15.0. The van der Waals surface area contributed by atoms with Crippen LogP contribution in [0.1, 0.15) is 5.56 Å². The van der Waals surface area contributed by atoms with Gasteiger partial charge in [-0.1, -0.05) is 6.07 Å². The van der Waals surface area contributed by atoms with E-state index in [1.165, 1.54) is 6.07 Å². The van der Waals surface area contributed by atoms with E-state index in [9.17, 15) is 8.78 Å². The van der Waals surface area contributed by atoms with Crippen molar-refractivity contribution in [3.05, 3.63) is 35.4 Å². The van der Waals surface area contributed by atoms with Crippen LogP contribution in [0.25, 0.3) is 0 Å². The molecule has 1 rings (SSSR count). The van der Waals surface area contributed by atoms with Crippen molar-refractivity contribution in [2.45, 2.75) is 6.54 Å². The molecule has 1 N–H and O–H groups in total. The molecule has 0 fully saturated rings. The van der Waals surface area contributed by atoms with Gasteiger partial charge in [0.05, 0.1) is 6.61 Å². The van der Waals surface area contributed by atoms with Crippen molar-refractivity contribution in [2.24, 2.45) is 0 Å². The molecule has 0 saturated heterocycles. The molecule has 0 atom stereocenters. The first-order chi connectivity index (χ1) is 8.63. The Bertz CT molecular complexity index is 361. The number of methoxy groups -OCH3 is 1. The Labute approximate surface area is 107 Å². The summed E-state index contributed by atoms with van der Waals surface area (Å²) in [6.07, 6.45) is 0. The third kappa shape index (κ3) is 5.53. The summed E-state index contributed by atoms with van der Waals surface area (Å²) in [7, 11) is 3.61. The molecule has 5 heteroatoms. The van der Waals surface area contributed by atoms with Crippen LogP contribution in [0.3, 0.4) is 0 Å². The van der Waals surface area contributed by atoms with Crippen LogP contribution in [0, 0.1) is 11.6 Å². The summed E-state index contributed by atoms with van der Waals surface area (Å²) in [5, 5.41) is 3.22. The Morgan fingerprint density at radius 1 is 1.22 bits per heavy atom. The number of benzene rings is 1. The fourth-order valence-electron chi connectivity index (χ4n) is 1.60. The molecule has 0 heterocycles. The molecule has 0 unspecified atom stereocenters. The molecule has 102 valence electrons. The van der Waals surface area contributed by atoms with Gasteiger partial charge in [0.25, 0.3) is 0 Å². The second-order valence-electron chi connectivity index (χ2n) is 4.23. The highest BCUT2D eigenvalue weighted by Gasteiger charge is 2.04. The van der Waals surface area contributed by atoms with Crippen LogP contribution in [-0.4, -0.2) is 45.3 Å². The third-order valence-electron chi connectivity index (χ3n) is 2.59. The van der Waals surface area contributed by atoms with Crippen molar-refractivity contribution in [1.82, 2.24) is 10.2 Å². The van der Waals surface area contributed by atoms with Gasteiger partial charge in [0.2, 0.25) is 0 Å². The molecule has 0 amide bonds. The molecule has 0 aliphatic rings. The SMILES string of the molecule is COCCNCCN(C)Cc1ccc(F)c(F)c1. The van der Waals surface area contributed by atoms with Crippen molar-refractivity contribution in [3.8, 4) is 0 Å². The highest BCUT2D eigenvalue weighted by atomic mass is 19.2. The number of halogens is 2. The summed E-state index contributed by atoms with van der Waals surface area (Å²) in [4.78, 5) is 2.05. The maximum atomic E-state index is 13.0. The molecule has 0 bridgehead atoms. The normalized spacial score (nSPS) is 11.2. The predicted octanol–water partition coefficient (Wildman–Crippen LogP) is 1.63. The number of hydrogen-bond donors (Lipinski definition) is 1. The van der Waals surface area contributed by atoms with Gasteiger partial charge in [-0.05, 0) is 24.7 Å². The fourth-order valence-corrected chi connectivity index (χ4v) is 1.60. The lowest BCUT2D eigenvalue weighted by atomic mass is 10.2. The predicted molar refractivity (Wildman–Crippen MR) is 67.4 cm³/mol. The average molecular weight is 258 g/mol. The molecular weight excluding hydrogens is 238 g/mol. The van der Waals surface area contributed by atoms with Crippen molar-refractivity contribution >= 4 is 0 Å². The Morgan fingerprint density at radius 3 is 2.67 bits per heavy atom. The minimum Gasteiger partial charge on any atom is -0.383 e. The number of nitrogens with one attached hydrogen (secondary N) is 1. The lowest BCUT2D eigenvalue weighted by Gasteiger charge is -2.17. The number of likely N-dealkylation sites (N-methyl/N-ethyl adjacent to an activating group) is 1. The van der Waals surface area contributed by atoms with Gasteiger partial charge >= 0.3 is 0 Å². The Hall–Kier alpha value is -1.04. The lowest BCUT2D eigenvalue weighted by molar-refractivity contribution is 0.197. The zero-order valence-electron chi connectivity index (χ0n) is 10.9. The maximum Gasteiger partial charge on any atom is 0.159 e. The van der Waals surface area contributed by atoms with Crippen LogP contribution in [0.15, 0.2) is 18.2 Å². The molecular formula is C13H20F2N2O. The van der Waals surface area contributed by atoms with Gasteiger partial charge in [0.1, 0.15) is 0 Å². The van der Waals surface area contributed by atoms with Gasteiger partial charge in [0, 0.05) is 33.3 Å². The summed E-state index contributed by atoms with van der Waals surface area (Å²) in [5.41, 5.74) is 0.772. The molecule has 0 saturated carbocycles. The molecule has 0 spiro atoms. The first-order valence-electron chi connectivity index (χ1n) is 5.95. The van der Waals surface area contributed by atoms with E-state index in [1.807, 2.05) is 11.9 Å². The lowest BCUT2D eigenvalue weighted by Crippen LogP contribution is -2.30. The van der Waals surface area contributed by atoms with Crippen molar-refractivity contribution in [1.29, 1.82) is 0 Å². The van der Waals surface area contributed by atoms with Crippen molar-refractivity contribution in [2.75, 3.05) is 40.4 Å². The maximum absolute atomic E-state index is 13.0. The van der Waals surface area contributed by atoms with E-state index < -0.39 is 11.6 Å². The highest BCUT2D eigenvalue weighted by molar-refractivity contribution is 5.17.